The molecule has 1 fully saturated rings. The average molecular weight is 806 g/mol. The van der Waals surface area contributed by atoms with E-state index in [1.165, 1.54) is 45.5 Å². The molecule has 3 heterocycles. The Hall–Kier alpha value is -6.88. The Balaban J connectivity index is 1.30. The van der Waals surface area contributed by atoms with Crippen molar-refractivity contribution in [2.75, 3.05) is 11.9 Å². The van der Waals surface area contributed by atoms with E-state index < -0.39 is 78.2 Å². The number of H-pyrrole nitrogens is 1. The lowest BCUT2D eigenvalue weighted by atomic mass is 9.78. The number of aromatic nitrogens is 4. The molecule has 6 aromatic rings. The summed E-state index contributed by atoms with van der Waals surface area (Å²) in [5.41, 5.74) is 0.408. The van der Waals surface area contributed by atoms with E-state index in [0.717, 1.165) is 26.9 Å². The predicted molar refractivity (Wildman–Crippen MR) is 210 cm³/mol. The molecule has 0 unspecified atom stereocenters. The van der Waals surface area contributed by atoms with E-state index in [1.807, 2.05) is 54.6 Å². The van der Waals surface area contributed by atoms with Crippen LogP contribution in [0.4, 0.5) is 5.95 Å². The number of hydrogen-bond acceptors (Lipinski definition) is 15. The van der Waals surface area contributed by atoms with Crippen LogP contribution in [0, 0.1) is 0 Å². The van der Waals surface area contributed by atoms with Crippen LogP contribution in [0.25, 0.3) is 43.5 Å². The van der Waals surface area contributed by atoms with E-state index in [2.05, 4.69) is 15.3 Å². The maximum atomic E-state index is 13.7. The number of hydrogen-bond donors (Lipinski definition) is 2. The Labute approximate surface area is 334 Å². The normalized spacial score (nSPS) is 22.5. The molecule has 17 heteroatoms. The molecule has 4 aromatic carbocycles. The van der Waals surface area contributed by atoms with Crippen molar-refractivity contribution in [3.8, 4) is 0 Å². The highest BCUT2D eigenvalue weighted by atomic mass is 16.6. The van der Waals surface area contributed by atoms with Gasteiger partial charge in [-0.05, 0) is 50.0 Å². The van der Waals surface area contributed by atoms with E-state index in [4.69, 9.17) is 33.4 Å². The van der Waals surface area contributed by atoms with Gasteiger partial charge in [-0.1, -0.05) is 48.5 Å². The second-order valence-electron chi connectivity index (χ2n) is 14.5. The zero-order valence-electron chi connectivity index (χ0n) is 32.5. The van der Waals surface area contributed by atoms with Gasteiger partial charge in [-0.2, -0.15) is 4.98 Å². The molecule has 1 saturated heterocycles. The first-order valence-electron chi connectivity index (χ1n) is 18.8. The first-order chi connectivity index (χ1) is 28.2. The van der Waals surface area contributed by atoms with Crippen LogP contribution in [0.1, 0.15) is 70.5 Å². The number of carbonyl (C=O) groups excluding carboxylic acids is 5. The monoisotopic (exact) mass is 805 g/mol. The van der Waals surface area contributed by atoms with Gasteiger partial charge >= 0.3 is 29.8 Å². The van der Waals surface area contributed by atoms with E-state index in [1.54, 1.807) is 6.07 Å². The molecule has 304 valence electrons. The van der Waals surface area contributed by atoms with Gasteiger partial charge in [-0.3, -0.25) is 38.3 Å². The molecule has 0 saturated carbocycles. The SMILES string of the molecule is CC(=O)OC[C@H]1O[C@@H](n2cnc3c(=O)[nH]c(N[C@H]4c5c(ccc6cc7ccc8ccccc8c7cc56)[C@H](OC(C)=O)[C@@H](OC(C)=O)[C@@H]4OC(C)=O)nc32)C[C@@H]1OC(C)=O. The highest BCUT2D eigenvalue weighted by molar-refractivity contribution is 6.12. The molecule has 2 N–H and O–H groups in total. The standard InChI is InChI=1S/C42H39N5O12/c1-19(48)54-17-32-31(55-20(2)49)16-33(59-32)47-18-43-36-40(47)45-42(46-41(36)53)44-35-34-28(37(56-21(3)50)39(58-23(5)52)38(35)57-22(4)51)13-12-26-14-25-11-10-24-8-6-7-9-27(24)29(25)15-30(26)34/h6-15,18,31-33,35,37-39H,16-17H2,1-5H3,(H2,44,45,46,53)/t31-,32+,33+,35-,37-,38+,39+/m0/s1. The fourth-order valence-electron chi connectivity index (χ4n) is 8.19. The van der Waals surface area contributed by atoms with E-state index in [0.29, 0.717) is 16.5 Å². The van der Waals surface area contributed by atoms with E-state index in [9.17, 15) is 28.8 Å². The van der Waals surface area contributed by atoms with Gasteiger partial charge in [-0.15, -0.1) is 0 Å². The number of benzene rings is 4. The summed E-state index contributed by atoms with van der Waals surface area (Å²) in [4.78, 5) is 87.3. The quantitative estimate of drug-likeness (QED) is 0.0851. The van der Waals surface area contributed by atoms with Crippen molar-refractivity contribution in [3.63, 3.8) is 0 Å². The predicted octanol–water partition coefficient (Wildman–Crippen LogP) is 5.00. The average Bonchev–Trinajstić information content (AvgIpc) is 3.78. The second kappa shape index (κ2) is 15.5. The molecule has 8 rings (SSSR count). The van der Waals surface area contributed by atoms with Crippen molar-refractivity contribution in [1.29, 1.82) is 0 Å². The minimum absolute atomic E-state index is 0.0382. The summed E-state index contributed by atoms with van der Waals surface area (Å²) in [6, 6.07) is 18.6. The number of carbonyl (C=O) groups is 5. The Morgan fingerprint density at radius 3 is 2.19 bits per heavy atom. The molecular formula is C42H39N5O12. The topological polar surface area (TPSA) is 216 Å². The Morgan fingerprint density at radius 1 is 0.780 bits per heavy atom. The van der Waals surface area contributed by atoms with Gasteiger partial charge in [-0.25, -0.2) is 4.98 Å². The van der Waals surface area contributed by atoms with Crippen LogP contribution >= 0.6 is 0 Å². The largest absolute Gasteiger partial charge is 0.463 e. The van der Waals surface area contributed by atoms with Crippen LogP contribution in [-0.2, 0) is 52.4 Å². The number of anilines is 1. The maximum absolute atomic E-state index is 13.7. The molecule has 1 aliphatic carbocycles. The zero-order chi connectivity index (χ0) is 41.7. The van der Waals surface area contributed by atoms with Crippen molar-refractivity contribution >= 4 is 79.3 Å². The fourth-order valence-corrected chi connectivity index (χ4v) is 8.19. The number of aromatic amines is 1. The molecule has 17 nitrogen and oxygen atoms in total. The van der Waals surface area contributed by atoms with E-state index in [-0.39, 0.29) is 30.1 Å². The lowest BCUT2D eigenvalue weighted by molar-refractivity contribution is -0.187. The summed E-state index contributed by atoms with van der Waals surface area (Å²) in [5.74, 6) is -3.30. The summed E-state index contributed by atoms with van der Waals surface area (Å²) in [6.07, 6.45) is -4.86. The Bertz CT molecular complexity index is 2760. The highest BCUT2D eigenvalue weighted by Crippen LogP contribution is 2.47. The Kier molecular flexibility index (Phi) is 10.2. The van der Waals surface area contributed by atoms with E-state index >= 15 is 0 Å². The number of ether oxygens (including phenoxy) is 6. The molecule has 2 aliphatic rings. The van der Waals surface area contributed by atoms with Crippen LogP contribution in [0.2, 0.25) is 0 Å². The first kappa shape index (κ1) is 39.0. The zero-order valence-corrected chi connectivity index (χ0v) is 32.5. The van der Waals surface area contributed by atoms with Crippen molar-refractivity contribution in [1.82, 2.24) is 19.5 Å². The van der Waals surface area contributed by atoms with Gasteiger partial charge in [0.15, 0.2) is 29.5 Å². The number of rotatable bonds is 9. The van der Waals surface area contributed by atoms with Crippen molar-refractivity contribution in [3.05, 3.63) is 88.5 Å². The molecule has 0 spiro atoms. The minimum Gasteiger partial charge on any atom is -0.463 e. The number of esters is 5. The highest BCUT2D eigenvalue weighted by Gasteiger charge is 2.50. The summed E-state index contributed by atoms with van der Waals surface area (Å²) in [7, 11) is 0. The van der Waals surface area contributed by atoms with Gasteiger partial charge in [0.1, 0.15) is 25.0 Å². The van der Waals surface area contributed by atoms with Gasteiger partial charge in [0, 0.05) is 46.6 Å². The molecule has 0 amide bonds. The van der Waals surface area contributed by atoms with Crippen LogP contribution in [0.15, 0.2) is 71.8 Å². The lowest BCUT2D eigenvalue weighted by Gasteiger charge is -2.42. The first-order valence-corrected chi connectivity index (χ1v) is 18.8. The lowest BCUT2D eigenvalue weighted by Crippen LogP contribution is -2.50. The van der Waals surface area contributed by atoms with Crippen LogP contribution in [0.5, 0.6) is 0 Å². The molecule has 0 bridgehead atoms. The number of nitrogens with zero attached hydrogens (tertiary/aromatic N) is 3. The molecule has 2 aromatic heterocycles. The molecular weight excluding hydrogens is 766 g/mol. The number of fused-ring (bicyclic) bond motifs is 7. The van der Waals surface area contributed by atoms with Gasteiger partial charge in [0.2, 0.25) is 5.95 Å². The number of nitrogens with one attached hydrogen (secondary N) is 2. The van der Waals surface area contributed by atoms with Gasteiger partial charge < -0.3 is 33.7 Å². The van der Waals surface area contributed by atoms with Crippen LogP contribution in [0.3, 0.4) is 0 Å². The maximum Gasteiger partial charge on any atom is 0.303 e. The second-order valence-corrected chi connectivity index (χ2v) is 14.5. The van der Waals surface area contributed by atoms with Crippen molar-refractivity contribution < 1.29 is 52.4 Å². The summed E-state index contributed by atoms with van der Waals surface area (Å²) in [6.45, 7) is 5.92. The Morgan fingerprint density at radius 2 is 1.46 bits per heavy atom. The third-order valence-electron chi connectivity index (χ3n) is 10.4. The molecule has 0 radical (unpaired) electrons. The van der Waals surface area contributed by atoms with Crippen molar-refractivity contribution in [2.45, 2.75) is 83.8 Å². The minimum atomic E-state index is -1.34. The van der Waals surface area contributed by atoms with Crippen molar-refractivity contribution in [2.24, 2.45) is 0 Å². The molecule has 1 aliphatic heterocycles. The molecule has 59 heavy (non-hydrogen) atoms. The molecule has 7 atom stereocenters. The fraction of sp³-hybridized carbons (Fsp3) is 0.333. The summed E-state index contributed by atoms with van der Waals surface area (Å²) < 4.78 is 36.0. The third-order valence-corrected chi connectivity index (χ3v) is 10.4. The van der Waals surface area contributed by atoms with Gasteiger partial charge in [0.05, 0.1) is 12.4 Å². The number of imidazole rings is 1. The summed E-state index contributed by atoms with van der Waals surface area (Å²) >= 11 is 0. The van der Waals surface area contributed by atoms with Crippen LogP contribution in [-0.4, -0.2) is 80.4 Å². The third kappa shape index (κ3) is 7.51. The smallest absolute Gasteiger partial charge is 0.303 e. The van der Waals surface area contributed by atoms with Crippen LogP contribution < -0.4 is 10.9 Å². The van der Waals surface area contributed by atoms with Gasteiger partial charge in [0.25, 0.3) is 5.56 Å². The summed E-state index contributed by atoms with van der Waals surface area (Å²) in [5, 5.41) is 8.66.